The van der Waals surface area contributed by atoms with Gasteiger partial charge in [-0.1, -0.05) is 41.9 Å². The van der Waals surface area contributed by atoms with Gasteiger partial charge in [-0.3, -0.25) is 0 Å². The van der Waals surface area contributed by atoms with Gasteiger partial charge in [0.1, 0.15) is 0 Å². The SMILES string of the molecule is CC(C)NCC(CC1CCC(C)O1)c1cccc(Br)c1. The second-order valence-corrected chi connectivity index (χ2v) is 7.11. The van der Waals surface area contributed by atoms with Gasteiger partial charge in [0.05, 0.1) is 12.2 Å². The lowest BCUT2D eigenvalue weighted by atomic mass is 9.92. The molecule has 1 heterocycles. The molecule has 3 unspecified atom stereocenters. The second kappa shape index (κ2) is 7.58. The number of rotatable bonds is 6. The fourth-order valence-corrected chi connectivity index (χ4v) is 3.27. The predicted molar refractivity (Wildman–Crippen MR) is 88.2 cm³/mol. The number of benzene rings is 1. The number of hydrogen-bond acceptors (Lipinski definition) is 2. The first-order valence-electron chi connectivity index (χ1n) is 7.69. The molecule has 0 spiro atoms. The van der Waals surface area contributed by atoms with Gasteiger partial charge in [0, 0.05) is 17.1 Å². The van der Waals surface area contributed by atoms with Crippen LogP contribution in [0.15, 0.2) is 28.7 Å². The second-order valence-electron chi connectivity index (χ2n) is 6.20. The summed E-state index contributed by atoms with van der Waals surface area (Å²) in [5.41, 5.74) is 1.40. The highest BCUT2D eigenvalue weighted by molar-refractivity contribution is 9.10. The molecule has 20 heavy (non-hydrogen) atoms. The van der Waals surface area contributed by atoms with Crippen LogP contribution in [0.3, 0.4) is 0 Å². The zero-order chi connectivity index (χ0) is 14.5. The van der Waals surface area contributed by atoms with Crippen LogP contribution in [0.2, 0.25) is 0 Å². The Morgan fingerprint density at radius 2 is 2.15 bits per heavy atom. The monoisotopic (exact) mass is 339 g/mol. The van der Waals surface area contributed by atoms with Crippen LogP contribution in [0.25, 0.3) is 0 Å². The average Bonchev–Trinajstić information content (AvgIpc) is 2.80. The summed E-state index contributed by atoms with van der Waals surface area (Å²) in [5.74, 6) is 0.519. The van der Waals surface area contributed by atoms with E-state index in [0.717, 1.165) is 17.4 Å². The molecular formula is C17H26BrNO. The Balaban J connectivity index is 2.03. The molecule has 1 N–H and O–H groups in total. The molecule has 112 valence electrons. The van der Waals surface area contributed by atoms with Crippen molar-refractivity contribution in [1.82, 2.24) is 5.32 Å². The van der Waals surface area contributed by atoms with Crippen molar-refractivity contribution in [1.29, 1.82) is 0 Å². The molecule has 1 aliphatic rings. The van der Waals surface area contributed by atoms with E-state index in [1.165, 1.54) is 18.4 Å². The molecule has 1 saturated heterocycles. The molecule has 1 aromatic carbocycles. The van der Waals surface area contributed by atoms with E-state index in [1.54, 1.807) is 0 Å². The van der Waals surface area contributed by atoms with Crippen molar-refractivity contribution in [2.24, 2.45) is 0 Å². The number of nitrogens with one attached hydrogen (secondary N) is 1. The summed E-state index contributed by atoms with van der Waals surface area (Å²) in [5, 5.41) is 3.58. The van der Waals surface area contributed by atoms with Gasteiger partial charge in [-0.2, -0.15) is 0 Å². The van der Waals surface area contributed by atoms with E-state index < -0.39 is 0 Å². The summed E-state index contributed by atoms with van der Waals surface area (Å²) in [6, 6.07) is 9.21. The lowest BCUT2D eigenvalue weighted by Crippen LogP contribution is -2.29. The Morgan fingerprint density at radius 1 is 1.35 bits per heavy atom. The highest BCUT2D eigenvalue weighted by Crippen LogP contribution is 2.30. The van der Waals surface area contributed by atoms with Crippen LogP contribution < -0.4 is 5.32 Å². The minimum absolute atomic E-state index is 0.419. The number of hydrogen-bond donors (Lipinski definition) is 1. The third-order valence-electron chi connectivity index (χ3n) is 3.96. The van der Waals surface area contributed by atoms with Crippen molar-refractivity contribution < 1.29 is 4.74 Å². The first-order chi connectivity index (χ1) is 9.54. The quantitative estimate of drug-likeness (QED) is 0.824. The summed E-state index contributed by atoms with van der Waals surface area (Å²) in [6.45, 7) is 7.60. The lowest BCUT2D eigenvalue weighted by molar-refractivity contribution is 0.0465. The Bertz CT molecular complexity index is 421. The normalized spacial score (nSPS) is 24.2. The zero-order valence-corrected chi connectivity index (χ0v) is 14.3. The van der Waals surface area contributed by atoms with Crippen molar-refractivity contribution in [3.63, 3.8) is 0 Å². The molecule has 2 nitrogen and oxygen atoms in total. The van der Waals surface area contributed by atoms with Gasteiger partial charge in [-0.25, -0.2) is 0 Å². The van der Waals surface area contributed by atoms with E-state index in [1.807, 2.05) is 0 Å². The highest BCUT2D eigenvalue weighted by Gasteiger charge is 2.25. The van der Waals surface area contributed by atoms with Crippen LogP contribution in [0.4, 0.5) is 0 Å². The number of halogens is 1. The van der Waals surface area contributed by atoms with Crippen molar-refractivity contribution >= 4 is 15.9 Å². The van der Waals surface area contributed by atoms with Crippen molar-refractivity contribution in [2.75, 3.05) is 6.54 Å². The maximum absolute atomic E-state index is 6.01. The van der Waals surface area contributed by atoms with Crippen LogP contribution in [0, 0.1) is 0 Å². The maximum Gasteiger partial charge on any atom is 0.0586 e. The Labute approximate surface area is 131 Å². The van der Waals surface area contributed by atoms with Crippen molar-refractivity contribution in [3.05, 3.63) is 34.3 Å². The molecule has 0 bridgehead atoms. The molecule has 0 amide bonds. The van der Waals surface area contributed by atoms with Gasteiger partial charge in [0.2, 0.25) is 0 Å². The third-order valence-corrected chi connectivity index (χ3v) is 4.45. The van der Waals surface area contributed by atoms with E-state index in [-0.39, 0.29) is 0 Å². The van der Waals surface area contributed by atoms with Gasteiger partial charge in [0.15, 0.2) is 0 Å². The van der Waals surface area contributed by atoms with Crippen molar-refractivity contribution in [3.8, 4) is 0 Å². The average molecular weight is 340 g/mol. The van der Waals surface area contributed by atoms with Gasteiger partial charge >= 0.3 is 0 Å². The fraction of sp³-hybridized carbons (Fsp3) is 0.647. The predicted octanol–water partition coefficient (Wildman–Crippen LogP) is 4.49. The maximum atomic E-state index is 6.01. The molecule has 1 aliphatic heterocycles. The summed E-state index contributed by atoms with van der Waals surface area (Å²) in [7, 11) is 0. The summed E-state index contributed by atoms with van der Waals surface area (Å²) >= 11 is 3.58. The lowest BCUT2D eigenvalue weighted by Gasteiger charge is -2.23. The minimum atomic E-state index is 0.419. The van der Waals surface area contributed by atoms with E-state index in [9.17, 15) is 0 Å². The molecule has 3 heteroatoms. The first-order valence-corrected chi connectivity index (χ1v) is 8.48. The van der Waals surface area contributed by atoms with Gasteiger partial charge in [-0.05, 0) is 49.8 Å². The highest BCUT2D eigenvalue weighted by atomic mass is 79.9. The molecule has 0 saturated carbocycles. The molecule has 0 aromatic heterocycles. The molecule has 0 radical (unpaired) electrons. The first kappa shape index (κ1) is 16.0. The van der Waals surface area contributed by atoms with E-state index in [4.69, 9.17) is 4.74 Å². The van der Waals surface area contributed by atoms with Crippen molar-refractivity contribution in [2.45, 2.75) is 64.2 Å². The van der Waals surface area contributed by atoms with Crippen LogP contribution in [0.5, 0.6) is 0 Å². The van der Waals surface area contributed by atoms with E-state index >= 15 is 0 Å². The van der Waals surface area contributed by atoms with E-state index in [2.05, 4.69) is 66.3 Å². The topological polar surface area (TPSA) is 21.3 Å². The van der Waals surface area contributed by atoms with Gasteiger partial charge < -0.3 is 10.1 Å². The summed E-state index contributed by atoms with van der Waals surface area (Å²) < 4.78 is 7.17. The Kier molecular flexibility index (Phi) is 6.06. The number of ether oxygens (including phenoxy) is 1. The molecule has 3 atom stereocenters. The Hall–Kier alpha value is -0.380. The largest absolute Gasteiger partial charge is 0.375 e. The van der Waals surface area contributed by atoms with E-state index in [0.29, 0.717) is 24.2 Å². The molecule has 0 aliphatic carbocycles. The summed E-state index contributed by atoms with van der Waals surface area (Å²) in [6.07, 6.45) is 4.37. The zero-order valence-electron chi connectivity index (χ0n) is 12.7. The molecular weight excluding hydrogens is 314 g/mol. The van der Waals surface area contributed by atoms with Crippen LogP contribution >= 0.6 is 15.9 Å². The van der Waals surface area contributed by atoms with Crippen LogP contribution in [0.1, 0.15) is 51.5 Å². The third kappa shape index (κ3) is 4.87. The van der Waals surface area contributed by atoms with Crippen LogP contribution in [-0.2, 0) is 4.74 Å². The minimum Gasteiger partial charge on any atom is -0.375 e. The standard InChI is InChI=1S/C17H26BrNO/c1-12(2)19-11-15(10-17-8-7-13(3)20-17)14-5-4-6-16(18)9-14/h4-6,9,12-13,15,17,19H,7-8,10-11H2,1-3H3. The van der Waals surface area contributed by atoms with Crippen LogP contribution in [-0.4, -0.2) is 24.8 Å². The molecule has 1 aromatic rings. The molecule has 2 rings (SSSR count). The smallest absolute Gasteiger partial charge is 0.0586 e. The summed E-state index contributed by atoms with van der Waals surface area (Å²) in [4.78, 5) is 0. The van der Waals surface area contributed by atoms with Gasteiger partial charge in [0.25, 0.3) is 0 Å². The molecule has 1 fully saturated rings. The Morgan fingerprint density at radius 3 is 2.75 bits per heavy atom. The van der Waals surface area contributed by atoms with Gasteiger partial charge in [-0.15, -0.1) is 0 Å². The fourth-order valence-electron chi connectivity index (χ4n) is 2.85.